The number of aryl methyl sites for hydroxylation is 1. The second-order valence-corrected chi connectivity index (χ2v) is 8.74. The molecule has 30 heavy (non-hydrogen) atoms. The summed E-state index contributed by atoms with van der Waals surface area (Å²) in [4.78, 5) is 15.5. The zero-order chi connectivity index (χ0) is 21.7. The van der Waals surface area contributed by atoms with Gasteiger partial charge in [-0.05, 0) is 64.9 Å². The van der Waals surface area contributed by atoms with E-state index in [2.05, 4.69) is 53.8 Å². The number of ether oxygens (including phenoxy) is 1. The Bertz CT molecular complexity index is 1030. The number of halogens is 1. The average Bonchev–Trinajstić information content (AvgIpc) is 3.09. The second kappa shape index (κ2) is 10.2. The first-order chi connectivity index (χ1) is 14.4. The number of aliphatic carboxylic acids is 1. The zero-order valence-electron chi connectivity index (χ0n) is 17.7. The van der Waals surface area contributed by atoms with Crippen LogP contribution in [0.5, 0.6) is 0 Å². The van der Waals surface area contributed by atoms with Crippen molar-refractivity contribution in [3.05, 3.63) is 52.0 Å². The Labute approximate surface area is 185 Å². The maximum atomic E-state index is 11.1. The minimum Gasteiger partial charge on any atom is -0.481 e. The first kappa shape index (κ1) is 22.4. The van der Waals surface area contributed by atoms with E-state index in [0.717, 1.165) is 44.5 Å². The summed E-state index contributed by atoms with van der Waals surface area (Å²) < 4.78 is 8.83. The highest BCUT2D eigenvalue weighted by atomic mass is 79.9. The molecule has 0 aliphatic rings. The molecule has 3 aromatic rings. The molecule has 1 N–H and O–H groups in total. The van der Waals surface area contributed by atoms with Crippen molar-refractivity contribution >= 4 is 27.4 Å². The van der Waals surface area contributed by atoms with E-state index in [0.29, 0.717) is 32.0 Å². The van der Waals surface area contributed by atoms with Crippen LogP contribution in [0.2, 0.25) is 0 Å². The van der Waals surface area contributed by atoms with Crippen molar-refractivity contribution in [1.82, 2.24) is 14.6 Å². The highest BCUT2D eigenvalue weighted by molar-refractivity contribution is 9.10. The molecule has 0 atom stereocenters. The number of aromatic nitrogens is 3. The fraction of sp³-hybridized carbons (Fsp3) is 0.435. The quantitative estimate of drug-likeness (QED) is 0.432. The van der Waals surface area contributed by atoms with E-state index in [1.807, 2.05) is 16.8 Å². The lowest BCUT2D eigenvalue weighted by Crippen LogP contribution is -2.12. The zero-order valence-corrected chi connectivity index (χ0v) is 19.3. The number of nitrogens with zero attached hydrogens (tertiary/aromatic N) is 3. The molecule has 160 valence electrons. The van der Waals surface area contributed by atoms with Gasteiger partial charge in [0.2, 0.25) is 0 Å². The van der Waals surface area contributed by atoms with Gasteiger partial charge in [-0.25, -0.2) is 4.52 Å². The standard InChI is InChI=1S/C23H28BrN3O3/c1-4-18-8-9-21-23(16-10-17(24)12-25-11-16)19(6-5-7-22(28)29)20(26-27(18)21)14-30-13-15(2)3/h8-12,15H,4-7,13-14H2,1-3H3,(H,28,29). The normalized spacial score (nSPS) is 11.5. The molecule has 0 saturated heterocycles. The SMILES string of the molecule is CCc1ccc2c(-c3cncc(Br)c3)c(CCCC(=O)O)c(COCC(C)C)nn12. The lowest BCUT2D eigenvalue weighted by molar-refractivity contribution is -0.137. The van der Waals surface area contributed by atoms with E-state index >= 15 is 0 Å². The van der Waals surface area contributed by atoms with E-state index < -0.39 is 5.97 Å². The smallest absolute Gasteiger partial charge is 0.303 e. The van der Waals surface area contributed by atoms with Gasteiger partial charge in [0.25, 0.3) is 0 Å². The summed E-state index contributed by atoms with van der Waals surface area (Å²) in [6.07, 6.45) is 5.74. The largest absolute Gasteiger partial charge is 0.481 e. The highest BCUT2D eigenvalue weighted by Crippen LogP contribution is 2.33. The molecule has 0 fully saturated rings. The van der Waals surface area contributed by atoms with Gasteiger partial charge in [0.15, 0.2) is 0 Å². The van der Waals surface area contributed by atoms with Crippen LogP contribution in [0.1, 0.15) is 50.6 Å². The minimum atomic E-state index is -0.789. The second-order valence-electron chi connectivity index (χ2n) is 7.82. The Morgan fingerprint density at radius 2 is 2.10 bits per heavy atom. The third-order valence-corrected chi connectivity index (χ3v) is 5.36. The van der Waals surface area contributed by atoms with Gasteiger partial charge in [-0.1, -0.05) is 20.8 Å². The van der Waals surface area contributed by atoms with Gasteiger partial charge in [0.1, 0.15) is 0 Å². The Morgan fingerprint density at radius 1 is 1.30 bits per heavy atom. The van der Waals surface area contributed by atoms with Crippen molar-refractivity contribution in [2.24, 2.45) is 5.92 Å². The minimum absolute atomic E-state index is 0.120. The summed E-state index contributed by atoms with van der Waals surface area (Å²) in [6, 6.07) is 6.22. The molecule has 0 aliphatic carbocycles. The van der Waals surface area contributed by atoms with Gasteiger partial charge < -0.3 is 9.84 Å². The molecule has 0 bridgehead atoms. The van der Waals surface area contributed by atoms with Crippen LogP contribution in [-0.2, 0) is 29.0 Å². The topological polar surface area (TPSA) is 76.7 Å². The fourth-order valence-corrected chi connectivity index (χ4v) is 3.95. The predicted molar refractivity (Wildman–Crippen MR) is 121 cm³/mol. The molecule has 6 nitrogen and oxygen atoms in total. The fourth-order valence-electron chi connectivity index (χ4n) is 3.59. The molecule has 3 heterocycles. The number of carboxylic acid groups (broad SMARTS) is 1. The maximum Gasteiger partial charge on any atom is 0.303 e. The van der Waals surface area contributed by atoms with Crippen molar-refractivity contribution < 1.29 is 14.6 Å². The lowest BCUT2D eigenvalue weighted by atomic mass is 9.95. The van der Waals surface area contributed by atoms with Gasteiger partial charge in [-0.3, -0.25) is 9.78 Å². The predicted octanol–water partition coefficient (Wildman–Crippen LogP) is 5.30. The molecule has 0 unspecified atom stereocenters. The number of hydrogen-bond donors (Lipinski definition) is 1. The van der Waals surface area contributed by atoms with Crippen LogP contribution in [0.25, 0.3) is 16.6 Å². The molecule has 0 aromatic carbocycles. The maximum absolute atomic E-state index is 11.1. The van der Waals surface area contributed by atoms with Gasteiger partial charge in [0, 0.05) is 46.7 Å². The molecule has 7 heteroatoms. The van der Waals surface area contributed by atoms with Crippen LogP contribution in [0.4, 0.5) is 0 Å². The average molecular weight is 474 g/mol. The Balaban J connectivity index is 2.17. The van der Waals surface area contributed by atoms with Crippen molar-refractivity contribution in [3.63, 3.8) is 0 Å². The van der Waals surface area contributed by atoms with Crippen LogP contribution in [0.15, 0.2) is 35.1 Å². The first-order valence-electron chi connectivity index (χ1n) is 10.3. The van der Waals surface area contributed by atoms with Crippen molar-refractivity contribution in [2.45, 2.75) is 53.1 Å². The van der Waals surface area contributed by atoms with Crippen LogP contribution in [-0.4, -0.2) is 32.3 Å². The van der Waals surface area contributed by atoms with E-state index in [-0.39, 0.29) is 6.42 Å². The molecule has 0 spiro atoms. The lowest BCUT2D eigenvalue weighted by Gasteiger charge is -2.18. The Morgan fingerprint density at radius 3 is 2.77 bits per heavy atom. The van der Waals surface area contributed by atoms with Gasteiger partial charge in [0.05, 0.1) is 17.8 Å². The third kappa shape index (κ3) is 5.26. The molecule has 3 aromatic heterocycles. The van der Waals surface area contributed by atoms with Crippen molar-refractivity contribution in [2.75, 3.05) is 6.61 Å². The summed E-state index contributed by atoms with van der Waals surface area (Å²) in [5.41, 5.74) is 6.05. The van der Waals surface area contributed by atoms with Crippen molar-refractivity contribution in [3.8, 4) is 11.1 Å². The molecule has 3 rings (SSSR count). The molecule has 0 radical (unpaired) electrons. The first-order valence-corrected chi connectivity index (χ1v) is 11.1. The summed E-state index contributed by atoms with van der Waals surface area (Å²) in [7, 11) is 0. The molecular formula is C23H28BrN3O3. The van der Waals surface area contributed by atoms with Crippen LogP contribution >= 0.6 is 15.9 Å². The number of pyridine rings is 1. The Kier molecular flexibility index (Phi) is 7.61. The van der Waals surface area contributed by atoms with E-state index in [1.165, 1.54) is 0 Å². The van der Waals surface area contributed by atoms with Gasteiger partial charge in [-0.2, -0.15) is 5.10 Å². The van der Waals surface area contributed by atoms with Crippen LogP contribution in [0, 0.1) is 5.92 Å². The van der Waals surface area contributed by atoms with E-state index in [9.17, 15) is 4.79 Å². The summed E-state index contributed by atoms with van der Waals surface area (Å²) in [6.45, 7) is 7.38. The van der Waals surface area contributed by atoms with Crippen molar-refractivity contribution in [1.29, 1.82) is 0 Å². The molecular weight excluding hydrogens is 446 g/mol. The number of hydrogen-bond acceptors (Lipinski definition) is 4. The summed E-state index contributed by atoms with van der Waals surface area (Å²) in [5, 5.41) is 14.1. The number of carbonyl (C=O) groups is 1. The van der Waals surface area contributed by atoms with Crippen LogP contribution in [0.3, 0.4) is 0 Å². The monoisotopic (exact) mass is 473 g/mol. The molecule has 0 aliphatic heterocycles. The molecule has 0 amide bonds. The van der Waals surface area contributed by atoms with Crippen LogP contribution < -0.4 is 0 Å². The Hall–Kier alpha value is -2.25. The number of carboxylic acids is 1. The van der Waals surface area contributed by atoms with Gasteiger partial charge >= 0.3 is 5.97 Å². The number of rotatable bonds is 10. The van der Waals surface area contributed by atoms with E-state index in [4.69, 9.17) is 14.9 Å². The molecule has 0 saturated carbocycles. The van der Waals surface area contributed by atoms with E-state index in [1.54, 1.807) is 6.20 Å². The highest BCUT2D eigenvalue weighted by Gasteiger charge is 2.19. The summed E-state index contributed by atoms with van der Waals surface area (Å²) >= 11 is 3.53. The number of fused-ring (bicyclic) bond motifs is 1. The third-order valence-electron chi connectivity index (χ3n) is 4.92. The van der Waals surface area contributed by atoms with Gasteiger partial charge in [-0.15, -0.1) is 0 Å². The summed E-state index contributed by atoms with van der Waals surface area (Å²) in [5.74, 6) is -0.362.